The molecule has 0 heterocycles. The molecule has 2 N–H and O–H groups in total. The van der Waals surface area contributed by atoms with E-state index in [2.05, 4.69) is 0 Å². The van der Waals surface area contributed by atoms with Crippen molar-refractivity contribution in [2.45, 2.75) is 26.2 Å². The summed E-state index contributed by atoms with van der Waals surface area (Å²) in [5, 5.41) is 19.8. The maximum atomic E-state index is 11.3. The second kappa shape index (κ2) is 11.3. The van der Waals surface area contributed by atoms with Gasteiger partial charge in [-0.25, -0.2) is 0 Å². The van der Waals surface area contributed by atoms with Gasteiger partial charge in [-0.3, -0.25) is 9.59 Å². The van der Waals surface area contributed by atoms with Gasteiger partial charge in [0, 0.05) is 0 Å². The van der Waals surface area contributed by atoms with Crippen LogP contribution < -0.4 is 10.2 Å². The summed E-state index contributed by atoms with van der Waals surface area (Å²) in [5.41, 5.74) is 0. The van der Waals surface area contributed by atoms with Crippen LogP contribution in [-0.4, -0.2) is 52.4 Å². The van der Waals surface area contributed by atoms with Gasteiger partial charge in [0.1, 0.15) is 0 Å². The summed E-state index contributed by atoms with van der Waals surface area (Å²) in [4.78, 5) is 19.7. The van der Waals surface area contributed by atoms with Gasteiger partial charge in [-0.15, -0.1) is 11.5 Å². The molecule has 0 fully saturated rings. The molecule has 0 bridgehead atoms. The Labute approximate surface area is 136 Å². The third kappa shape index (κ3) is 16.8. The van der Waals surface area contributed by atoms with E-state index >= 15 is 0 Å². The van der Waals surface area contributed by atoms with Crippen molar-refractivity contribution in [1.29, 1.82) is 0 Å². The Bertz CT molecular complexity index is 377. The van der Waals surface area contributed by atoms with E-state index in [1.807, 2.05) is 0 Å². The van der Waals surface area contributed by atoms with E-state index in [1.54, 1.807) is 0 Å². The molecule has 0 amide bonds. The number of hydrogen-bond acceptors (Lipinski definition) is 4. The Balaban J connectivity index is -0.000000135. The van der Waals surface area contributed by atoms with Crippen LogP contribution >= 0.6 is 0 Å². The van der Waals surface area contributed by atoms with Gasteiger partial charge in [-0.05, 0) is 12.2 Å². The standard InChI is InChI=1S/2C5H5F3O2.Mg.H2O/c2*1-3(9)2-4(10)5(6,7)8;;/h2*2,9H,1H3;;1H2/q;;+2;/p-2/b2*3-2+;;. The Kier molecular flexibility index (Phi) is 14.8. The van der Waals surface area contributed by atoms with Gasteiger partial charge < -0.3 is 15.7 Å². The monoisotopic (exact) mass is 348 g/mol. The molecule has 0 unspecified atom stereocenters. The first-order valence-electron chi connectivity index (χ1n) is 4.61. The number of ketones is 2. The molecule has 12 heteroatoms. The fraction of sp³-hybridized carbons (Fsp3) is 0.400. The minimum absolute atomic E-state index is 0. The molecule has 22 heavy (non-hydrogen) atoms. The number of halogens is 6. The molecule has 0 aromatic heterocycles. The van der Waals surface area contributed by atoms with Gasteiger partial charge in [0.05, 0.1) is 0 Å². The van der Waals surface area contributed by atoms with Gasteiger partial charge in [-0.1, -0.05) is 13.8 Å². The molecule has 5 nitrogen and oxygen atoms in total. The van der Waals surface area contributed by atoms with Crippen molar-refractivity contribution < 1.29 is 51.6 Å². The van der Waals surface area contributed by atoms with E-state index in [1.165, 1.54) is 0 Å². The summed E-state index contributed by atoms with van der Waals surface area (Å²) in [7, 11) is 0. The van der Waals surface area contributed by atoms with Crippen LogP contribution in [0.1, 0.15) is 13.8 Å². The maximum absolute atomic E-state index is 11.3. The molecular formula is C10H10F6MgO5. The fourth-order valence-corrected chi connectivity index (χ4v) is 0.533. The quantitative estimate of drug-likeness (QED) is 0.291. The smallest absolute Gasteiger partial charge is 0.876 e. The van der Waals surface area contributed by atoms with Gasteiger partial charge in [-0.2, -0.15) is 26.3 Å². The summed E-state index contributed by atoms with van der Waals surface area (Å²) < 4.78 is 67.7. The SMILES string of the molecule is C/C([O-])=C\C(=O)C(F)(F)F.C/C([O-])=C\C(=O)C(F)(F)F.O.[Mg+2]. The minimum atomic E-state index is -4.92. The number of rotatable bonds is 2. The van der Waals surface area contributed by atoms with E-state index in [9.17, 15) is 46.1 Å². The molecule has 0 atom stereocenters. The zero-order valence-electron chi connectivity index (χ0n) is 11.3. The van der Waals surface area contributed by atoms with Crippen molar-refractivity contribution in [2.75, 3.05) is 0 Å². The predicted octanol–water partition coefficient (Wildman–Crippen LogP) is -0.442. The minimum Gasteiger partial charge on any atom is -0.876 e. The van der Waals surface area contributed by atoms with Gasteiger partial charge >= 0.3 is 35.4 Å². The van der Waals surface area contributed by atoms with Crippen LogP contribution in [0.5, 0.6) is 0 Å². The first-order chi connectivity index (χ1) is 8.67. The topological polar surface area (TPSA) is 112 Å². The molecule has 0 aliphatic heterocycles. The van der Waals surface area contributed by atoms with Crippen molar-refractivity contribution >= 4 is 34.6 Å². The van der Waals surface area contributed by atoms with Crippen LogP contribution in [0, 0.1) is 0 Å². The van der Waals surface area contributed by atoms with Gasteiger partial charge in [0.25, 0.3) is 11.6 Å². The summed E-state index contributed by atoms with van der Waals surface area (Å²) in [6.45, 7) is 1.76. The molecule has 0 saturated heterocycles. The summed E-state index contributed by atoms with van der Waals surface area (Å²) >= 11 is 0. The van der Waals surface area contributed by atoms with Crippen LogP contribution in [-0.2, 0) is 9.59 Å². The molecule has 0 aliphatic rings. The van der Waals surface area contributed by atoms with E-state index < -0.39 is 35.4 Å². The third-order valence-corrected chi connectivity index (χ3v) is 1.23. The summed E-state index contributed by atoms with van der Waals surface area (Å²) in [6.07, 6.45) is -9.82. The average molecular weight is 348 g/mol. The van der Waals surface area contributed by atoms with Crippen LogP contribution in [0.25, 0.3) is 0 Å². The van der Waals surface area contributed by atoms with Crippen LogP contribution in [0.15, 0.2) is 23.7 Å². The van der Waals surface area contributed by atoms with Gasteiger partial charge in [0.2, 0.25) is 0 Å². The van der Waals surface area contributed by atoms with Crippen molar-refractivity contribution in [3.63, 3.8) is 0 Å². The zero-order valence-corrected chi connectivity index (χ0v) is 12.7. The van der Waals surface area contributed by atoms with E-state index in [4.69, 9.17) is 0 Å². The number of carbonyl (C=O) groups excluding carboxylic acids is 2. The number of alkyl halides is 6. The van der Waals surface area contributed by atoms with E-state index in [-0.39, 0.29) is 40.7 Å². The van der Waals surface area contributed by atoms with Crippen LogP contribution in [0.4, 0.5) is 26.3 Å². The second-order valence-electron chi connectivity index (χ2n) is 3.23. The zero-order chi connectivity index (χ0) is 16.7. The molecular weight excluding hydrogens is 338 g/mol. The van der Waals surface area contributed by atoms with Crippen molar-refractivity contribution in [3.8, 4) is 0 Å². The van der Waals surface area contributed by atoms with Crippen LogP contribution in [0.3, 0.4) is 0 Å². The average Bonchev–Trinajstić information content (AvgIpc) is 2.13. The van der Waals surface area contributed by atoms with Crippen molar-refractivity contribution in [1.82, 2.24) is 0 Å². The Morgan fingerprint density at radius 3 is 1.00 bits per heavy atom. The summed E-state index contributed by atoms with van der Waals surface area (Å²) in [6, 6.07) is 0. The Morgan fingerprint density at radius 1 is 0.773 bits per heavy atom. The summed E-state index contributed by atoms with van der Waals surface area (Å²) in [5.74, 6) is -6.02. The van der Waals surface area contributed by atoms with Crippen LogP contribution in [0.2, 0.25) is 0 Å². The largest absolute Gasteiger partial charge is 2.00 e. The number of allylic oxidation sites excluding steroid dienone is 4. The Hall–Kier alpha value is -1.27. The van der Waals surface area contributed by atoms with Crippen molar-refractivity contribution in [3.05, 3.63) is 23.7 Å². The predicted molar refractivity (Wildman–Crippen MR) is 59.0 cm³/mol. The van der Waals surface area contributed by atoms with E-state index in [0.717, 1.165) is 13.8 Å². The molecule has 0 saturated carbocycles. The van der Waals surface area contributed by atoms with Crippen molar-refractivity contribution in [2.24, 2.45) is 0 Å². The number of hydrogen-bond donors (Lipinski definition) is 0. The molecule has 0 aromatic rings. The first-order valence-corrected chi connectivity index (χ1v) is 4.61. The Morgan fingerprint density at radius 2 is 0.955 bits per heavy atom. The molecule has 0 aliphatic carbocycles. The molecule has 0 spiro atoms. The maximum Gasteiger partial charge on any atom is 2.00 e. The van der Waals surface area contributed by atoms with Gasteiger partial charge in [0.15, 0.2) is 0 Å². The normalized spacial score (nSPS) is 12.2. The number of carbonyl (C=O) groups is 2. The molecule has 0 aromatic carbocycles. The first kappa shape index (κ1) is 28.8. The van der Waals surface area contributed by atoms with E-state index in [0.29, 0.717) is 0 Å². The molecule has 124 valence electrons. The fourth-order valence-electron chi connectivity index (χ4n) is 0.533. The molecule has 0 rings (SSSR count). The molecule has 0 radical (unpaired) electrons. The second-order valence-corrected chi connectivity index (χ2v) is 3.23. The third-order valence-electron chi connectivity index (χ3n) is 1.23.